The average molecular weight is 439 g/mol. The zero-order chi connectivity index (χ0) is 22.2. The van der Waals surface area contributed by atoms with E-state index in [0.717, 1.165) is 21.5 Å². The van der Waals surface area contributed by atoms with Crippen LogP contribution in [0.3, 0.4) is 0 Å². The molecule has 1 aromatic carbocycles. The Balaban J connectivity index is 1.58. The summed E-state index contributed by atoms with van der Waals surface area (Å²) in [4.78, 5) is 26.0. The van der Waals surface area contributed by atoms with Gasteiger partial charge in [0.05, 0.1) is 29.6 Å². The zero-order valence-electron chi connectivity index (χ0n) is 18.1. The molecule has 0 saturated heterocycles. The van der Waals surface area contributed by atoms with Gasteiger partial charge in [0.2, 0.25) is 5.91 Å². The van der Waals surface area contributed by atoms with E-state index < -0.39 is 0 Å². The van der Waals surface area contributed by atoms with Crippen LogP contribution in [0.4, 0.5) is 0 Å². The van der Waals surface area contributed by atoms with E-state index in [9.17, 15) is 9.59 Å². The summed E-state index contributed by atoms with van der Waals surface area (Å²) in [5, 5.41) is 10.8. The number of aromatic nitrogens is 1. The van der Waals surface area contributed by atoms with E-state index in [1.54, 1.807) is 18.4 Å². The molecule has 2 amide bonds. The maximum Gasteiger partial charge on any atom is 0.291 e. The minimum Gasteiger partial charge on any atom is -0.496 e. The number of carbonyl (C=O) groups excluding carboxylic acids is 2. The molecular formula is C23H26N4O3S. The molecule has 7 nitrogen and oxygen atoms in total. The Hall–Kier alpha value is -3.13. The van der Waals surface area contributed by atoms with Gasteiger partial charge in [-0.15, -0.1) is 11.3 Å². The molecule has 0 fully saturated rings. The number of nitrogens with zero attached hydrogens (tertiary/aromatic N) is 3. The Morgan fingerprint density at radius 1 is 1.26 bits per heavy atom. The van der Waals surface area contributed by atoms with Crippen molar-refractivity contribution in [2.45, 2.75) is 33.9 Å². The van der Waals surface area contributed by atoms with Gasteiger partial charge in [-0.3, -0.25) is 9.59 Å². The topological polar surface area (TPSA) is 75.9 Å². The van der Waals surface area contributed by atoms with Crippen LogP contribution in [0.2, 0.25) is 0 Å². The van der Waals surface area contributed by atoms with Gasteiger partial charge in [-0.05, 0) is 23.6 Å². The third kappa shape index (κ3) is 4.20. The van der Waals surface area contributed by atoms with E-state index in [-0.39, 0.29) is 23.8 Å². The predicted octanol–water partition coefficient (Wildman–Crippen LogP) is 3.89. The molecule has 8 heteroatoms. The fraction of sp³-hybridized carbons (Fsp3) is 0.348. The molecule has 0 spiro atoms. The number of para-hydroxylation sites is 1. The number of hydrogen-bond acceptors (Lipinski definition) is 5. The van der Waals surface area contributed by atoms with Gasteiger partial charge in [0.15, 0.2) is 0 Å². The lowest BCUT2D eigenvalue weighted by Gasteiger charge is -2.23. The first-order chi connectivity index (χ1) is 14.8. The highest BCUT2D eigenvalue weighted by atomic mass is 32.1. The lowest BCUT2D eigenvalue weighted by atomic mass is 9.90. The molecule has 1 aliphatic heterocycles. The number of fused-ring (bicyclic) bond motifs is 3. The number of nitrogens with one attached hydrogen (secondary N) is 1. The van der Waals surface area contributed by atoms with Crippen molar-refractivity contribution < 1.29 is 14.3 Å². The van der Waals surface area contributed by atoms with Crippen LogP contribution >= 0.6 is 11.3 Å². The normalized spacial score (nSPS) is 14.3. The molecular weight excluding hydrogens is 412 g/mol. The van der Waals surface area contributed by atoms with E-state index in [1.165, 1.54) is 5.01 Å². The summed E-state index contributed by atoms with van der Waals surface area (Å²) in [6, 6.07) is 11.4. The quantitative estimate of drug-likeness (QED) is 0.657. The standard InChI is InChI=1S/C23H26N4O3S/c1-23(2,3)20-13-26-16-9-10-31-19(16)11-17(26)22(29)27(25-20)14-21(28)24-12-15-7-5-6-8-18(15)30-4/h5-11H,12-14H2,1-4H3,(H,24,28). The van der Waals surface area contributed by atoms with Crippen molar-refractivity contribution in [3.63, 3.8) is 0 Å². The number of carbonyl (C=O) groups is 2. The van der Waals surface area contributed by atoms with Crippen molar-refractivity contribution in [3.05, 3.63) is 53.0 Å². The SMILES string of the molecule is COc1ccccc1CNC(=O)CN1N=C(C(C)(C)C)Cn2c(cc3sccc32)C1=O. The maximum absolute atomic E-state index is 13.3. The Kier molecular flexibility index (Phi) is 5.58. The largest absolute Gasteiger partial charge is 0.496 e. The molecule has 0 atom stereocenters. The van der Waals surface area contributed by atoms with Gasteiger partial charge in [0.1, 0.15) is 18.0 Å². The molecule has 1 aliphatic rings. The van der Waals surface area contributed by atoms with Gasteiger partial charge in [-0.1, -0.05) is 39.0 Å². The number of benzene rings is 1. The highest BCUT2D eigenvalue weighted by molar-refractivity contribution is 7.17. The molecule has 0 bridgehead atoms. The van der Waals surface area contributed by atoms with Crippen molar-refractivity contribution in [3.8, 4) is 5.75 Å². The fourth-order valence-electron chi connectivity index (χ4n) is 3.56. The van der Waals surface area contributed by atoms with Gasteiger partial charge < -0.3 is 14.6 Å². The zero-order valence-corrected chi connectivity index (χ0v) is 19.0. The molecule has 0 aliphatic carbocycles. The van der Waals surface area contributed by atoms with E-state index >= 15 is 0 Å². The number of hydrazone groups is 1. The van der Waals surface area contributed by atoms with Crippen LogP contribution in [0.1, 0.15) is 36.8 Å². The molecule has 0 radical (unpaired) electrons. The van der Waals surface area contributed by atoms with Crippen molar-refractivity contribution >= 4 is 39.1 Å². The lowest BCUT2D eigenvalue weighted by Crippen LogP contribution is -2.38. The summed E-state index contributed by atoms with van der Waals surface area (Å²) >= 11 is 1.60. The maximum atomic E-state index is 13.3. The van der Waals surface area contributed by atoms with Crippen molar-refractivity contribution in [2.24, 2.45) is 10.5 Å². The first-order valence-electron chi connectivity index (χ1n) is 10.1. The molecule has 1 N–H and O–H groups in total. The number of rotatable bonds is 5. The minimum atomic E-state index is -0.280. The van der Waals surface area contributed by atoms with Gasteiger partial charge in [-0.2, -0.15) is 5.10 Å². The van der Waals surface area contributed by atoms with Gasteiger partial charge in [0.25, 0.3) is 5.91 Å². The fourth-order valence-corrected chi connectivity index (χ4v) is 4.38. The van der Waals surface area contributed by atoms with Crippen LogP contribution in [0.5, 0.6) is 5.75 Å². The summed E-state index contributed by atoms with van der Waals surface area (Å²) in [7, 11) is 1.60. The van der Waals surface area contributed by atoms with E-state index in [1.807, 2.05) is 46.3 Å². The second-order valence-electron chi connectivity index (χ2n) is 8.53. The number of methoxy groups -OCH3 is 1. The first-order valence-corrected chi connectivity index (χ1v) is 11.0. The highest BCUT2D eigenvalue weighted by Gasteiger charge is 2.31. The van der Waals surface area contributed by atoms with Crippen molar-refractivity contribution in [1.82, 2.24) is 14.9 Å². The van der Waals surface area contributed by atoms with E-state index in [4.69, 9.17) is 4.74 Å². The Morgan fingerprint density at radius 2 is 2.03 bits per heavy atom. The summed E-state index contributed by atoms with van der Waals surface area (Å²) in [6.07, 6.45) is 0. The number of hydrogen-bond donors (Lipinski definition) is 1. The Morgan fingerprint density at radius 3 is 2.77 bits per heavy atom. The minimum absolute atomic E-state index is 0.146. The highest BCUT2D eigenvalue weighted by Crippen LogP contribution is 2.30. The smallest absolute Gasteiger partial charge is 0.291 e. The van der Waals surface area contributed by atoms with E-state index in [0.29, 0.717) is 24.5 Å². The molecule has 0 saturated carbocycles. The summed E-state index contributed by atoms with van der Waals surface area (Å²) < 4.78 is 8.39. The first kappa shape index (κ1) is 21.1. The van der Waals surface area contributed by atoms with Crippen molar-refractivity contribution in [2.75, 3.05) is 13.7 Å². The Labute approximate surface area is 185 Å². The lowest BCUT2D eigenvalue weighted by molar-refractivity contribution is -0.122. The second-order valence-corrected chi connectivity index (χ2v) is 9.48. The van der Waals surface area contributed by atoms with Crippen LogP contribution in [-0.4, -0.2) is 40.8 Å². The number of thiophene rings is 1. The van der Waals surface area contributed by atoms with Gasteiger partial charge in [-0.25, -0.2) is 5.01 Å². The van der Waals surface area contributed by atoms with Gasteiger partial charge in [0, 0.05) is 17.5 Å². The van der Waals surface area contributed by atoms with Crippen LogP contribution in [-0.2, 0) is 17.9 Å². The van der Waals surface area contributed by atoms with Gasteiger partial charge >= 0.3 is 0 Å². The van der Waals surface area contributed by atoms with E-state index in [2.05, 4.69) is 31.2 Å². The molecule has 31 heavy (non-hydrogen) atoms. The molecule has 0 unspecified atom stereocenters. The summed E-state index contributed by atoms with van der Waals surface area (Å²) in [6.45, 7) is 6.88. The molecule has 2 aromatic heterocycles. The third-order valence-corrected chi connectivity index (χ3v) is 6.21. The monoisotopic (exact) mass is 438 g/mol. The number of amides is 2. The average Bonchev–Trinajstić information content (AvgIpc) is 3.29. The molecule has 3 heterocycles. The van der Waals surface area contributed by atoms with Crippen molar-refractivity contribution in [1.29, 1.82) is 0 Å². The Bertz CT molecular complexity index is 1170. The third-order valence-electron chi connectivity index (χ3n) is 5.35. The van der Waals surface area contributed by atoms with Crippen LogP contribution in [0, 0.1) is 5.41 Å². The van der Waals surface area contributed by atoms with Crippen LogP contribution < -0.4 is 10.1 Å². The molecule has 4 rings (SSSR count). The number of ether oxygens (including phenoxy) is 1. The summed E-state index contributed by atoms with van der Waals surface area (Å²) in [5.74, 6) is 0.160. The van der Waals surface area contributed by atoms with Crippen LogP contribution in [0.15, 0.2) is 46.9 Å². The summed E-state index contributed by atoms with van der Waals surface area (Å²) in [5.41, 5.74) is 3.05. The molecule has 162 valence electrons. The molecule has 3 aromatic rings. The predicted molar refractivity (Wildman–Crippen MR) is 123 cm³/mol. The second kappa shape index (κ2) is 8.19. The van der Waals surface area contributed by atoms with Crippen LogP contribution in [0.25, 0.3) is 10.2 Å².